The number of azo groups is 1. The predicted molar refractivity (Wildman–Crippen MR) is 45.9 cm³/mol. The predicted octanol–water partition coefficient (Wildman–Crippen LogP) is 2.08. The van der Waals surface area contributed by atoms with Crippen LogP contribution >= 0.6 is 23.2 Å². The van der Waals surface area contributed by atoms with Crippen LogP contribution < -0.4 is 5.32 Å². The minimum Gasteiger partial charge on any atom is -0.293 e. The van der Waals surface area contributed by atoms with E-state index in [1.807, 2.05) is 6.92 Å². The molecule has 1 aliphatic heterocycles. The van der Waals surface area contributed by atoms with E-state index in [0.717, 1.165) is 6.54 Å². The van der Waals surface area contributed by atoms with Crippen LogP contribution in [-0.2, 0) is 0 Å². The van der Waals surface area contributed by atoms with Crippen LogP contribution in [0.5, 0.6) is 0 Å². The van der Waals surface area contributed by atoms with Crippen molar-refractivity contribution < 1.29 is 0 Å². The van der Waals surface area contributed by atoms with E-state index in [-0.39, 0.29) is 0 Å². The van der Waals surface area contributed by atoms with Gasteiger partial charge in [-0.1, -0.05) is 30.1 Å². The van der Waals surface area contributed by atoms with E-state index in [4.69, 9.17) is 23.2 Å². The number of likely N-dealkylation sites (N-methyl/N-ethyl adjacent to an activating group) is 1. The molecular formula is C6H9Cl2N3. The van der Waals surface area contributed by atoms with E-state index in [9.17, 15) is 0 Å². The monoisotopic (exact) mass is 193 g/mol. The topological polar surface area (TPSA) is 36.8 Å². The van der Waals surface area contributed by atoms with Gasteiger partial charge in [0.25, 0.3) is 0 Å². The van der Waals surface area contributed by atoms with Crippen LogP contribution in [0.25, 0.3) is 0 Å². The number of nitrogens with one attached hydrogen (secondary N) is 1. The quantitative estimate of drug-likeness (QED) is 0.530. The number of rotatable bonds is 2. The maximum atomic E-state index is 6.04. The molecular weight excluding hydrogens is 185 g/mol. The Bertz CT molecular complexity index is 192. The smallest absolute Gasteiger partial charge is 0.180 e. The lowest BCUT2D eigenvalue weighted by Gasteiger charge is -2.27. The summed E-state index contributed by atoms with van der Waals surface area (Å²) in [6.45, 7) is 2.69. The highest BCUT2D eigenvalue weighted by atomic mass is 35.5. The van der Waals surface area contributed by atoms with Crippen molar-refractivity contribution >= 4 is 23.2 Å². The molecule has 0 spiro atoms. The molecule has 0 aromatic heterocycles. The zero-order chi connectivity index (χ0) is 8.32. The Kier molecular flexibility index (Phi) is 2.87. The first kappa shape index (κ1) is 8.97. The molecule has 1 N–H and O–H groups in total. The van der Waals surface area contributed by atoms with Crippen LogP contribution in [0.3, 0.4) is 0 Å². The second kappa shape index (κ2) is 3.52. The van der Waals surface area contributed by atoms with Gasteiger partial charge in [-0.3, -0.25) is 5.32 Å². The molecule has 3 nitrogen and oxygen atoms in total. The lowest BCUT2D eigenvalue weighted by atomic mass is 10.2. The maximum Gasteiger partial charge on any atom is 0.180 e. The lowest BCUT2D eigenvalue weighted by Crippen LogP contribution is -2.45. The Balaban J connectivity index is 2.68. The zero-order valence-electron chi connectivity index (χ0n) is 6.09. The number of halogens is 2. The van der Waals surface area contributed by atoms with E-state index in [0.29, 0.717) is 0 Å². The van der Waals surface area contributed by atoms with Gasteiger partial charge in [-0.05, 0) is 12.6 Å². The van der Waals surface area contributed by atoms with Gasteiger partial charge in [0.05, 0.1) is 0 Å². The fourth-order valence-electron chi connectivity index (χ4n) is 0.816. The first-order valence-electron chi connectivity index (χ1n) is 3.34. The normalized spacial score (nSPS) is 36.1. The molecule has 11 heavy (non-hydrogen) atoms. The Labute approximate surface area is 75.5 Å². The van der Waals surface area contributed by atoms with Crippen molar-refractivity contribution in [2.24, 2.45) is 10.2 Å². The van der Waals surface area contributed by atoms with E-state index in [1.54, 1.807) is 6.08 Å². The molecule has 0 amide bonds. The highest BCUT2D eigenvalue weighted by Crippen LogP contribution is 2.27. The Hall–Kier alpha value is -0.120. The fraction of sp³-hybridized carbons (Fsp3) is 0.667. The Morgan fingerprint density at radius 2 is 2.45 bits per heavy atom. The van der Waals surface area contributed by atoms with Crippen LogP contribution in [-0.4, -0.2) is 17.0 Å². The largest absolute Gasteiger partial charge is 0.293 e. The second-order valence-corrected chi connectivity index (χ2v) is 3.22. The SMILES string of the molecule is CCNC1(Cl)C=CN=NC1Cl. The van der Waals surface area contributed by atoms with Gasteiger partial charge in [-0.15, -0.1) is 0 Å². The summed E-state index contributed by atoms with van der Waals surface area (Å²) in [7, 11) is 0. The van der Waals surface area contributed by atoms with Gasteiger partial charge in [0.15, 0.2) is 10.5 Å². The highest BCUT2D eigenvalue weighted by molar-refractivity contribution is 6.33. The number of hydrogen-bond donors (Lipinski definition) is 1. The Morgan fingerprint density at radius 3 is 3.00 bits per heavy atom. The first-order valence-corrected chi connectivity index (χ1v) is 4.16. The molecule has 0 aromatic carbocycles. The second-order valence-electron chi connectivity index (χ2n) is 2.18. The summed E-state index contributed by atoms with van der Waals surface area (Å²) in [6.07, 6.45) is 3.23. The third kappa shape index (κ3) is 1.92. The van der Waals surface area contributed by atoms with E-state index >= 15 is 0 Å². The summed E-state index contributed by atoms with van der Waals surface area (Å²) in [4.78, 5) is -0.766. The molecule has 0 radical (unpaired) electrons. The van der Waals surface area contributed by atoms with Crippen molar-refractivity contribution in [3.63, 3.8) is 0 Å². The first-order chi connectivity index (χ1) is 5.19. The molecule has 5 heteroatoms. The summed E-state index contributed by atoms with van der Waals surface area (Å²) in [5.74, 6) is 0. The van der Waals surface area contributed by atoms with Crippen LogP contribution in [0.1, 0.15) is 6.92 Å². The third-order valence-corrected chi connectivity index (χ3v) is 2.36. The van der Waals surface area contributed by atoms with Gasteiger partial charge in [0.2, 0.25) is 0 Å². The van der Waals surface area contributed by atoms with Crippen LogP contribution in [0.2, 0.25) is 0 Å². The van der Waals surface area contributed by atoms with Crippen molar-refractivity contribution in [2.75, 3.05) is 6.54 Å². The summed E-state index contributed by atoms with van der Waals surface area (Å²) in [6, 6.07) is 0. The van der Waals surface area contributed by atoms with Crippen molar-refractivity contribution in [1.82, 2.24) is 5.32 Å². The molecule has 2 unspecified atom stereocenters. The molecule has 1 rings (SSSR count). The average molecular weight is 194 g/mol. The van der Waals surface area contributed by atoms with Crippen molar-refractivity contribution in [1.29, 1.82) is 0 Å². The lowest BCUT2D eigenvalue weighted by molar-refractivity contribution is 0.515. The fourth-order valence-corrected chi connectivity index (χ4v) is 1.25. The van der Waals surface area contributed by atoms with Crippen molar-refractivity contribution in [3.05, 3.63) is 12.3 Å². The van der Waals surface area contributed by atoms with E-state index in [1.165, 1.54) is 6.20 Å². The number of nitrogens with zero attached hydrogens (tertiary/aromatic N) is 2. The number of alkyl halides is 2. The van der Waals surface area contributed by atoms with E-state index < -0.39 is 10.5 Å². The molecule has 0 saturated heterocycles. The summed E-state index contributed by atoms with van der Waals surface area (Å²) in [5, 5.41) is 10.3. The van der Waals surface area contributed by atoms with Gasteiger partial charge in [0.1, 0.15) is 0 Å². The van der Waals surface area contributed by atoms with E-state index in [2.05, 4.69) is 15.5 Å². The standard InChI is InChI=1S/C6H9Cl2N3/c1-2-9-6(8)3-4-10-11-5(6)7/h3-5,9H,2H2,1H3. The van der Waals surface area contributed by atoms with Crippen LogP contribution in [0.4, 0.5) is 0 Å². The zero-order valence-corrected chi connectivity index (χ0v) is 7.60. The molecule has 2 atom stereocenters. The minimum absolute atomic E-state index is 0.533. The molecule has 0 bridgehead atoms. The van der Waals surface area contributed by atoms with Gasteiger partial charge in [-0.25, -0.2) is 0 Å². The summed E-state index contributed by atoms with van der Waals surface area (Å²) in [5.41, 5.74) is -0.533. The summed E-state index contributed by atoms with van der Waals surface area (Å²) < 4.78 is 0. The van der Waals surface area contributed by atoms with Crippen molar-refractivity contribution in [3.8, 4) is 0 Å². The van der Waals surface area contributed by atoms with Gasteiger partial charge in [-0.2, -0.15) is 10.2 Å². The molecule has 62 valence electrons. The van der Waals surface area contributed by atoms with Gasteiger partial charge < -0.3 is 0 Å². The molecule has 0 saturated carbocycles. The average Bonchev–Trinajstić information content (AvgIpc) is 1.96. The molecule has 0 fully saturated rings. The molecule has 1 aliphatic rings. The van der Waals surface area contributed by atoms with Crippen LogP contribution in [0.15, 0.2) is 22.5 Å². The van der Waals surface area contributed by atoms with Crippen molar-refractivity contribution in [2.45, 2.75) is 17.4 Å². The molecule has 0 aromatic rings. The number of hydrogen-bond acceptors (Lipinski definition) is 3. The third-order valence-electron chi connectivity index (χ3n) is 1.35. The van der Waals surface area contributed by atoms with Crippen LogP contribution in [0, 0.1) is 0 Å². The van der Waals surface area contributed by atoms with Gasteiger partial charge >= 0.3 is 0 Å². The molecule has 0 aliphatic carbocycles. The highest BCUT2D eigenvalue weighted by Gasteiger charge is 2.33. The maximum absolute atomic E-state index is 6.04. The van der Waals surface area contributed by atoms with Gasteiger partial charge in [0, 0.05) is 6.20 Å². The Morgan fingerprint density at radius 1 is 1.73 bits per heavy atom. The minimum atomic E-state index is -0.766. The summed E-state index contributed by atoms with van der Waals surface area (Å²) >= 11 is 11.8. The molecule has 1 heterocycles.